The van der Waals surface area contributed by atoms with Crippen LogP contribution in [-0.4, -0.2) is 4.89 Å². The Bertz CT molecular complexity index is 805. The SMILES string of the molecule is Cc1cc(C(C)(C)C)cc(C)c1P(=O)(O)c1c(C)cc(C(C)(C)C)cc1C. The Morgan fingerprint density at radius 1 is 0.630 bits per heavy atom. The molecule has 148 valence electrons. The Morgan fingerprint density at radius 2 is 0.852 bits per heavy atom. The van der Waals surface area contributed by atoms with Gasteiger partial charge in [0, 0.05) is 10.6 Å². The van der Waals surface area contributed by atoms with Crippen LogP contribution in [0, 0.1) is 27.7 Å². The van der Waals surface area contributed by atoms with Crippen molar-refractivity contribution in [2.45, 2.75) is 80.1 Å². The second-order valence-corrected chi connectivity index (χ2v) is 12.0. The molecule has 0 radical (unpaired) electrons. The molecule has 0 saturated heterocycles. The second-order valence-electron chi connectivity index (χ2n) is 9.99. The molecule has 0 spiro atoms. The van der Waals surface area contributed by atoms with Crippen molar-refractivity contribution in [2.75, 3.05) is 0 Å². The van der Waals surface area contributed by atoms with Crippen LogP contribution >= 0.6 is 7.37 Å². The van der Waals surface area contributed by atoms with E-state index in [-0.39, 0.29) is 10.8 Å². The van der Waals surface area contributed by atoms with E-state index in [2.05, 4.69) is 65.8 Å². The molecule has 2 rings (SSSR count). The van der Waals surface area contributed by atoms with Gasteiger partial charge in [-0.25, -0.2) is 0 Å². The fraction of sp³-hybridized carbons (Fsp3) is 0.500. The lowest BCUT2D eigenvalue weighted by atomic mass is 9.85. The van der Waals surface area contributed by atoms with Crippen molar-refractivity contribution in [3.8, 4) is 0 Å². The summed E-state index contributed by atoms with van der Waals surface area (Å²) < 4.78 is 13.8. The summed E-state index contributed by atoms with van der Waals surface area (Å²) in [7, 11) is -3.69. The molecule has 0 amide bonds. The molecule has 27 heavy (non-hydrogen) atoms. The Morgan fingerprint density at radius 3 is 1.04 bits per heavy atom. The normalized spacial score (nSPS) is 13.1. The van der Waals surface area contributed by atoms with Crippen LogP contribution in [0.15, 0.2) is 24.3 Å². The van der Waals surface area contributed by atoms with Gasteiger partial charge in [-0.3, -0.25) is 4.57 Å². The molecule has 0 bridgehead atoms. The quantitative estimate of drug-likeness (QED) is 0.669. The predicted molar refractivity (Wildman–Crippen MR) is 118 cm³/mol. The Labute approximate surface area is 165 Å². The zero-order valence-corrected chi connectivity index (χ0v) is 19.5. The highest BCUT2D eigenvalue weighted by Gasteiger charge is 2.33. The zero-order valence-electron chi connectivity index (χ0n) is 18.6. The lowest BCUT2D eigenvalue weighted by Crippen LogP contribution is -2.26. The highest BCUT2D eigenvalue weighted by molar-refractivity contribution is 7.73. The Kier molecular flexibility index (Phi) is 5.61. The van der Waals surface area contributed by atoms with E-state index in [4.69, 9.17) is 0 Å². The topological polar surface area (TPSA) is 37.3 Å². The van der Waals surface area contributed by atoms with Crippen molar-refractivity contribution < 1.29 is 9.46 Å². The van der Waals surface area contributed by atoms with E-state index in [1.165, 1.54) is 11.1 Å². The third-order valence-electron chi connectivity index (χ3n) is 5.32. The smallest absolute Gasteiger partial charge is 0.259 e. The first-order valence-electron chi connectivity index (χ1n) is 9.64. The number of rotatable bonds is 2. The lowest BCUT2D eigenvalue weighted by Gasteiger charge is -2.27. The van der Waals surface area contributed by atoms with E-state index < -0.39 is 7.37 Å². The molecule has 0 atom stereocenters. The molecule has 2 nitrogen and oxygen atoms in total. The summed E-state index contributed by atoms with van der Waals surface area (Å²) in [6.45, 7) is 20.8. The van der Waals surface area contributed by atoms with Crippen molar-refractivity contribution in [1.82, 2.24) is 0 Å². The van der Waals surface area contributed by atoms with Gasteiger partial charge in [0.1, 0.15) is 0 Å². The lowest BCUT2D eigenvalue weighted by molar-refractivity contribution is 0.500. The van der Waals surface area contributed by atoms with Gasteiger partial charge in [-0.15, -0.1) is 0 Å². The maximum Gasteiger partial charge on any atom is 0.259 e. The molecule has 2 aromatic rings. The van der Waals surface area contributed by atoms with E-state index in [9.17, 15) is 9.46 Å². The second kappa shape index (κ2) is 6.90. The number of aryl methyl sites for hydroxylation is 4. The average Bonchev–Trinajstić information content (AvgIpc) is 2.42. The van der Waals surface area contributed by atoms with Gasteiger partial charge >= 0.3 is 0 Å². The minimum atomic E-state index is -3.69. The third-order valence-corrected chi connectivity index (χ3v) is 7.94. The molecule has 0 unspecified atom stereocenters. The minimum absolute atomic E-state index is 0.00762. The Balaban J connectivity index is 2.73. The molecular weight excluding hydrogens is 351 g/mol. The first-order valence-corrected chi connectivity index (χ1v) is 11.3. The zero-order chi connectivity index (χ0) is 20.9. The Hall–Kier alpha value is -1.37. The van der Waals surface area contributed by atoms with Gasteiger partial charge < -0.3 is 4.89 Å². The summed E-state index contributed by atoms with van der Waals surface area (Å²) in [6, 6.07) is 8.28. The maximum atomic E-state index is 13.8. The van der Waals surface area contributed by atoms with E-state index in [0.29, 0.717) is 10.6 Å². The van der Waals surface area contributed by atoms with Gasteiger partial charge in [0.2, 0.25) is 0 Å². The fourth-order valence-electron chi connectivity index (χ4n) is 3.85. The summed E-state index contributed by atoms with van der Waals surface area (Å²) in [6.07, 6.45) is 0. The van der Waals surface area contributed by atoms with Gasteiger partial charge in [0.05, 0.1) is 0 Å². The average molecular weight is 387 g/mol. The monoisotopic (exact) mass is 386 g/mol. The van der Waals surface area contributed by atoms with Crippen LogP contribution in [0.5, 0.6) is 0 Å². The summed E-state index contributed by atoms with van der Waals surface area (Å²) in [5, 5.41) is 1.18. The molecule has 1 N–H and O–H groups in total. The fourth-order valence-corrected chi connectivity index (χ4v) is 6.24. The van der Waals surface area contributed by atoms with Crippen LogP contribution in [-0.2, 0) is 15.4 Å². The molecule has 2 aromatic carbocycles. The predicted octanol–water partition coefficient (Wildman–Crippen LogP) is 5.74. The van der Waals surface area contributed by atoms with Crippen molar-refractivity contribution >= 4 is 18.0 Å². The number of hydrogen-bond acceptors (Lipinski definition) is 1. The van der Waals surface area contributed by atoms with Crippen molar-refractivity contribution in [3.63, 3.8) is 0 Å². The van der Waals surface area contributed by atoms with Crippen LogP contribution in [0.1, 0.15) is 74.9 Å². The number of benzene rings is 2. The van der Waals surface area contributed by atoms with Gasteiger partial charge in [0.15, 0.2) is 0 Å². The van der Waals surface area contributed by atoms with Crippen molar-refractivity contribution in [2.24, 2.45) is 0 Å². The molecule has 0 fully saturated rings. The van der Waals surface area contributed by atoms with Gasteiger partial charge in [-0.1, -0.05) is 65.8 Å². The molecule has 3 heteroatoms. The van der Waals surface area contributed by atoms with Crippen LogP contribution in [0.25, 0.3) is 0 Å². The molecule has 0 aliphatic rings. The molecule has 0 heterocycles. The van der Waals surface area contributed by atoms with E-state index in [1.807, 2.05) is 27.7 Å². The summed E-state index contributed by atoms with van der Waals surface area (Å²) >= 11 is 0. The highest BCUT2D eigenvalue weighted by atomic mass is 31.2. The molecular formula is C24H35O2P. The number of hydrogen-bond donors (Lipinski definition) is 1. The molecule has 0 aliphatic carbocycles. The van der Waals surface area contributed by atoms with E-state index >= 15 is 0 Å². The third kappa shape index (κ3) is 4.23. The first kappa shape index (κ1) is 21.9. The minimum Gasteiger partial charge on any atom is -0.338 e. The van der Waals surface area contributed by atoms with Crippen LogP contribution in [0.3, 0.4) is 0 Å². The summed E-state index contributed by atoms with van der Waals surface area (Å²) in [5.41, 5.74) is 5.97. The van der Waals surface area contributed by atoms with Crippen LogP contribution in [0.2, 0.25) is 0 Å². The highest BCUT2D eigenvalue weighted by Crippen LogP contribution is 2.44. The summed E-state index contributed by atoms with van der Waals surface area (Å²) in [4.78, 5) is 11.3. The van der Waals surface area contributed by atoms with E-state index in [0.717, 1.165) is 22.3 Å². The van der Waals surface area contributed by atoms with E-state index in [1.54, 1.807) is 0 Å². The van der Waals surface area contributed by atoms with Gasteiger partial charge in [-0.2, -0.15) is 0 Å². The van der Waals surface area contributed by atoms with Gasteiger partial charge in [-0.05, 0) is 71.9 Å². The standard InChI is InChI=1S/C24H35O2P/c1-15-11-19(23(5,6)7)12-16(2)21(15)27(25,26)22-17(3)13-20(14-18(22)4)24(8,9)10/h11-14H,1-10H3,(H,25,26). The molecule has 0 aromatic heterocycles. The molecule has 0 saturated carbocycles. The summed E-state index contributed by atoms with van der Waals surface area (Å²) in [5.74, 6) is 0. The largest absolute Gasteiger partial charge is 0.338 e. The first-order chi connectivity index (χ1) is 12.1. The van der Waals surface area contributed by atoms with Crippen molar-refractivity contribution in [3.05, 3.63) is 57.6 Å². The van der Waals surface area contributed by atoms with Crippen LogP contribution < -0.4 is 10.6 Å². The van der Waals surface area contributed by atoms with Gasteiger partial charge in [0.25, 0.3) is 7.37 Å². The van der Waals surface area contributed by atoms with Crippen molar-refractivity contribution in [1.29, 1.82) is 0 Å². The van der Waals surface area contributed by atoms with Crippen LogP contribution in [0.4, 0.5) is 0 Å². The maximum absolute atomic E-state index is 13.8. The molecule has 0 aliphatic heterocycles.